The van der Waals surface area contributed by atoms with E-state index >= 15 is 0 Å². The molecule has 8 heteroatoms. The van der Waals surface area contributed by atoms with Crippen molar-refractivity contribution in [3.05, 3.63) is 52.9 Å². The van der Waals surface area contributed by atoms with E-state index < -0.39 is 0 Å². The van der Waals surface area contributed by atoms with Gasteiger partial charge < -0.3 is 18.9 Å². The van der Waals surface area contributed by atoms with Crippen molar-refractivity contribution < 1.29 is 23.7 Å². The minimum absolute atomic E-state index is 0.297. The van der Waals surface area contributed by atoms with Gasteiger partial charge in [0.1, 0.15) is 11.5 Å². The number of hydrogen-bond donors (Lipinski definition) is 1. The minimum atomic E-state index is -0.297. The van der Waals surface area contributed by atoms with Crippen LogP contribution in [0, 0.1) is 0 Å². The van der Waals surface area contributed by atoms with Crippen LogP contribution in [0.3, 0.4) is 0 Å². The van der Waals surface area contributed by atoms with E-state index in [1.165, 1.54) is 18.4 Å². The first-order valence-corrected chi connectivity index (χ1v) is 10.3. The molecule has 0 spiro atoms. The predicted octanol–water partition coefficient (Wildman–Crippen LogP) is 5.13. The van der Waals surface area contributed by atoms with Crippen LogP contribution in [0.1, 0.15) is 22.8 Å². The van der Waals surface area contributed by atoms with Crippen LogP contribution >= 0.6 is 11.3 Å². The lowest BCUT2D eigenvalue weighted by Crippen LogP contribution is -2.12. The highest BCUT2D eigenvalue weighted by atomic mass is 32.1. The first-order chi connectivity index (χ1) is 15.0. The summed E-state index contributed by atoms with van der Waals surface area (Å²) in [6.07, 6.45) is 3.73. The summed E-state index contributed by atoms with van der Waals surface area (Å²) in [5.41, 5.74) is 2.69. The van der Waals surface area contributed by atoms with Gasteiger partial charge in [-0.2, -0.15) is 0 Å². The Balaban J connectivity index is 1.87. The lowest BCUT2D eigenvalue weighted by molar-refractivity contribution is 0.102. The third kappa shape index (κ3) is 4.80. The van der Waals surface area contributed by atoms with Gasteiger partial charge in [-0.3, -0.25) is 10.1 Å². The Hall–Kier alpha value is -3.52. The first-order valence-electron chi connectivity index (χ1n) is 9.42. The molecule has 7 nitrogen and oxygen atoms in total. The highest BCUT2D eigenvalue weighted by Crippen LogP contribution is 2.36. The van der Waals surface area contributed by atoms with Gasteiger partial charge in [-0.25, -0.2) is 4.98 Å². The second-order valence-electron chi connectivity index (χ2n) is 6.36. The molecular formula is C23H24N2O5S. The number of rotatable bonds is 8. The van der Waals surface area contributed by atoms with E-state index in [2.05, 4.69) is 10.3 Å². The van der Waals surface area contributed by atoms with E-state index in [-0.39, 0.29) is 5.91 Å². The van der Waals surface area contributed by atoms with Gasteiger partial charge in [0, 0.05) is 28.1 Å². The number of thiazole rings is 1. The number of benzene rings is 2. The molecule has 0 aliphatic rings. The summed E-state index contributed by atoms with van der Waals surface area (Å²) in [7, 11) is 6.29. The molecule has 0 aliphatic heterocycles. The quantitative estimate of drug-likeness (QED) is 0.523. The van der Waals surface area contributed by atoms with Gasteiger partial charge in [0.05, 0.1) is 34.1 Å². The fourth-order valence-corrected chi connectivity index (χ4v) is 3.77. The predicted molar refractivity (Wildman–Crippen MR) is 123 cm³/mol. The highest BCUT2D eigenvalue weighted by Gasteiger charge is 2.17. The maximum absolute atomic E-state index is 12.9. The van der Waals surface area contributed by atoms with Gasteiger partial charge in [0.25, 0.3) is 5.91 Å². The molecule has 1 amide bonds. The Morgan fingerprint density at radius 3 is 2.42 bits per heavy atom. The smallest absolute Gasteiger partial charge is 0.257 e. The zero-order chi connectivity index (χ0) is 22.4. The molecular weight excluding hydrogens is 416 g/mol. The highest BCUT2D eigenvalue weighted by molar-refractivity contribution is 7.14. The van der Waals surface area contributed by atoms with Crippen molar-refractivity contribution in [2.24, 2.45) is 0 Å². The Bertz CT molecular complexity index is 1110. The van der Waals surface area contributed by atoms with Crippen LogP contribution in [0.15, 0.2) is 41.8 Å². The van der Waals surface area contributed by atoms with E-state index in [9.17, 15) is 4.79 Å². The Labute approximate surface area is 185 Å². The topological polar surface area (TPSA) is 78.9 Å². The molecule has 162 valence electrons. The Morgan fingerprint density at radius 1 is 1.00 bits per heavy atom. The number of carbonyl (C=O) groups is 1. The van der Waals surface area contributed by atoms with E-state index in [0.717, 1.165) is 11.1 Å². The summed E-state index contributed by atoms with van der Waals surface area (Å²) in [5, 5.41) is 5.18. The first kappa shape index (κ1) is 22.2. The number of anilines is 1. The van der Waals surface area contributed by atoms with E-state index in [0.29, 0.717) is 39.4 Å². The summed E-state index contributed by atoms with van der Waals surface area (Å²) in [5.74, 6) is 2.08. The third-order valence-corrected chi connectivity index (χ3v) is 5.28. The maximum atomic E-state index is 12.9. The fraction of sp³-hybridized carbons (Fsp3) is 0.217. The zero-order valence-corrected chi connectivity index (χ0v) is 18.8. The van der Waals surface area contributed by atoms with Gasteiger partial charge in [0.15, 0.2) is 16.6 Å². The minimum Gasteiger partial charge on any atom is -0.497 e. The van der Waals surface area contributed by atoms with Crippen molar-refractivity contribution in [3.63, 3.8) is 0 Å². The summed E-state index contributed by atoms with van der Waals surface area (Å²) < 4.78 is 21.5. The molecule has 0 saturated carbocycles. The average Bonchev–Trinajstić information content (AvgIpc) is 3.26. The number of nitrogens with one attached hydrogen (secondary N) is 1. The summed E-state index contributed by atoms with van der Waals surface area (Å²) >= 11 is 1.33. The molecule has 31 heavy (non-hydrogen) atoms. The molecule has 0 bridgehead atoms. The number of allylic oxidation sites excluding steroid dienone is 1. The van der Waals surface area contributed by atoms with Gasteiger partial charge in [0.2, 0.25) is 0 Å². The van der Waals surface area contributed by atoms with Crippen molar-refractivity contribution in [2.75, 3.05) is 33.8 Å². The molecule has 0 saturated heterocycles. The van der Waals surface area contributed by atoms with Crippen molar-refractivity contribution in [2.45, 2.75) is 6.92 Å². The number of amides is 1. The van der Waals surface area contributed by atoms with Crippen LogP contribution < -0.4 is 24.3 Å². The number of hydrogen-bond acceptors (Lipinski definition) is 7. The molecule has 1 aromatic heterocycles. The average molecular weight is 441 g/mol. The molecule has 0 unspecified atom stereocenters. The largest absolute Gasteiger partial charge is 0.497 e. The van der Waals surface area contributed by atoms with E-state index in [4.69, 9.17) is 18.9 Å². The number of nitrogens with zero attached hydrogens (tertiary/aromatic N) is 1. The van der Waals surface area contributed by atoms with Crippen LogP contribution in [0.5, 0.6) is 23.0 Å². The molecule has 3 rings (SSSR count). The number of carbonyl (C=O) groups excluding carboxylic acids is 1. The number of ether oxygens (including phenoxy) is 4. The van der Waals surface area contributed by atoms with Gasteiger partial charge in [-0.1, -0.05) is 12.2 Å². The normalized spacial score (nSPS) is 10.7. The van der Waals surface area contributed by atoms with Gasteiger partial charge in [-0.15, -0.1) is 11.3 Å². The third-order valence-electron chi connectivity index (χ3n) is 4.53. The Kier molecular flexibility index (Phi) is 7.15. The van der Waals surface area contributed by atoms with Gasteiger partial charge >= 0.3 is 0 Å². The van der Waals surface area contributed by atoms with Crippen molar-refractivity contribution in [3.8, 4) is 34.3 Å². The summed E-state index contributed by atoms with van der Waals surface area (Å²) in [6.45, 7) is 1.89. The van der Waals surface area contributed by atoms with Crippen molar-refractivity contribution in [1.82, 2.24) is 4.98 Å². The lowest BCUT2D eigenvalue weighted by atomic mass is 10.1. The van der Waals surface area contributed by atoms with Gasteiger partial charge in [-0.05, 0) is 31.2 Å². The van der Waals surface area contributed by atoms with Crippen LogP contribution in [0.25, 0.3) is 17.3 Å². The van der Waals surface area contributed by atoms with Crippen LogP contribution in [-0.4, -0.2) is 39.3 Å². The molecule has 3 aromatic rings. The second kappa shape index (κ2) is 9.99. The van der Waals surface area contributed by atoms with Crippen LogP contribution in [0.4, 0.5) is 5.13 Å². The molecule has 0 aliphatic carbocycles. The summed E-state index contributed by atoms with van der Waals surface area (Å²) in [6, 6.07) is 8.89. The molecule has 2 aromatic carbocycles. The monoisotopic (exact) mass is 440 g/mol. The van der Waals surface area contributed by atoms with E-state index in [1.807, 2.05) is 36.6 Å². The molecule has 1 N–H and O–H groups in total. The number of aromatic nitrogens is 1. The van der Waals surface area contributed by atoms with E-state index in [1.54, 1.807) is 39.5 Å². The molecule has 0 fully saturated rings. The van der Waals surface area contributed by atoms with Crippen molar-refractivity contribution in [1.29, 1.82) is 0 Å². The lowest BCUT2D eigenvalue weighted by Gasteiger charge is -2.13. The molecule has 0 atom stereocenters. The molecule has 0 radical (unpaired) electrons. The SMILES string of the molecule is CC=Cc1cc(C(=O)Nc2nc(-c3ccc(OC)cc3OC)cs2)cc(OC)c1OC. The number of methoxy groups -OCH3 is 4. The molecule has 1 heterocycles. The van der Waals surface area contributed by atoms with Crippen LogP contribution in [-0.2, 0) is 0 Å². The maximum Gasteiger partial charge on any atom is 0.257 e. The zero-order valence-electron chi connectivity index (χ0n) is 18.0. The fourth-order valence-electron chi connectivity index (χ4n) is 3.06. The standard InChI is InChI=1S/C23H24N2O5S/c1-6-7-14-10-15(11-20(29-4)21(14)30-5)22(26)25-23-24-18(13-31-23)17-9-8-16(27-2)12-19(17)28-3/h6-13H,1-5H3,(H,24,25,26). The summed E-state index contributed by atoms with van der Waals surface area (Å²) in [4.78, 5) is 17.4. The van der Waals surface area contributed by atoms with Crippen LogP contribution in [0.2, 0.25) is 0 Å². The second-order valence-corrected chi connectivity index (χ2v) is 7.22. The van der Waals surface area contributed by atoms with Crippen molar-refractivity contribution >= 4 is 28.5 Å². The Morgan fingerprint density at radius 2 is 1.77 bits per heavy atom.